The molecule has 0 N–H and O–H groups in total. The van der Waals surface area contributed by atoms with Crippen molar-refractivity contribution in [3.8, 4) is 0 Å². The van der Waals surface area contributed by atoms with E-state index in [2.05, 4.69) is 6.58 Å². The van der Waals surface area contributed by atoms with E-state index in [4.69, 9.17) is 0 Å². The van der Waals surface area contributed by atoms with Gasteiger partial charge in [-0.3, -0.25) is 0 Å². The Bertz CT molecular complexity index is 298. The third kappa shape index (κ3) is 1.50. The molecule has 0 saturated heterocycles. The normalized spacial score (nSPS) is 27.2. The molecular weight excluding hydrogens is 191 g/mol. The molecule has 0 aromatic heterocycles. The van der Waals surface area contributed by atoms with Gasteiger partial charge >= 0.3 is 5.92 Å². The predicted molar refractivity (Wildman–Crippen MR) is 37.4 cm³/mol. The average molecular weight is 196 g/mol. The van der Waals surface area contributed by atoms with Crippen LogP contribution in [0.2, 0.25) is 0 Å². The summed E-state index contributed by atoms with van der Waals surface area (Å²) in [5, 5.41) is 0. The zero-order chi connectivity index (χ0) is 10.2. The SMILES string of the molecule is C=CC1=CC(F)(F)C(F)=C(F)C1F. The number of alkyl halides is 3. The van der Waals surface area contributed by atoms with Crippen LogP contribution in [0, 0.1) is 0 Å². The highest BCUT2D eigenvalue weighted by atomic mass is 19.3. The van der Waals surface area contributed by atoms with Gasteiger partial charge in [0, 0.05) is 0 Å². The molecule has 0 radical (unpaired) electrons. The van der Waals surface area contributed by atoms with Crippen molar-refractivity contribution in [2.75, 3.05) is 0 Å². The smallest absolute Gasteiger partial charge is 0.234 e. The van der Waals surface area contributed by atoms with Gasteiger partial charge in [-0.15, -0.1) is 0 Å². The molecule has 1 atom stereocenters. The van der Waals surface area contributed by atoms with Crippen molar-refractivity contribution in [2.45, 2.75) is 12.1 Å². The molecule has 0 aliphatic heterocycles. The Morgan fingerprint density at radius 2 is 1.92 bits per heavy atom. The highest BCUT2D eigenvalue weighted by Gasteiger charge is 2.43. The highest BCUT2D eigenvalue weighted by Crippen LogP contribution is 2.39. The summed E-state index contributed by atoms with van der Waals surface area (Å²) in [6.07, 6.45) is -1.73. The standard InChI is InChI=1S/C8H5F5/c1-2-4-3-8(12,13)7(11)6(10)5(4)9/h2-3,5H,1H2. The molecule has 1 aliphatic rings. The van der Waals surface area contributed by atoms with Crippen LogP contribution in [0.15, 0.2) is 36.0 Å². The Labute approximate surface area is 71.0 Å². The second-order valence-electron chi connectivity index (χ2n) is 2.50. The molecule has 1 rings (SSSR count). The van der Waals surface area contributed by atoms with Crippen LogP contribution >= 0.6 is 0 Å². The largest absolute Gasteiger partial charge is 0.320 e. The lowest BCUT2D eigenvalue weighted by Crippen LogP contribution is -2.24. The minimum atomic E-state index is -4.07. The number of halogens is 5. The van der Waals surface area contributed by atoms with Crippen molar-refractivity contribution >= 4 is 0 Å². The number of hydrogen-bond donors (Lipinski definition) is 0. The van der Waals surface area contributed by atoms with Crippen LogP contribution < -0.4 is 0 Å². The summed E-state index contributed by atoms with van der Waals surface area (Å²) in [6.45, 7) is 3.01. The summed E-state index contributed by atoms with van der Waals surface area (Å²) in [5.41, 5.74) is -0.663. The van der Waals surface area contributed by atoms with Crippen molar-refractivity contribution < 1.29 is 22.0 Å². The maximum Gasteiger partial charge on any atom is 0.320 e. The first-order chi connectivity index (χ1) is 5.90. The zero-order valence-electron chi connectivity index (χ0n) is 6.33. The van der Waals surface area contributed by atoms with E-state index in [1.165, 1.54) is 0 Å². The van der Waals surface area contributed by atoms with Gasteiger partial charge in [-0.05, 0) is 11.6 Å². The molecule has 0 bridgehead atoms. The van der Waals surface area contributed by atoms with Crippen molar-refractivity contribution in [3.63, 3.8) is 0 Å². The molecular formula is C8H5F5. The molecule has 0 amide bonds. The predicted octanol–water partition coefficient (Wildman–Crippen LogP) is 3.24. The Kier molecular flexibility index (Phi) is 2.28. The summed E-state index contributed by atoms with van der Waals surface area (Å²) < 4.78 is 62.5. The molecule has 13 heavy (non-hydrogen) atoms. The van der Waals surface area contributed by atoms with Crippen LogP contribution in [0.3, 0.4) is 0 Å². The third-order valence-corrected chi connectivity index (χ3v) is 1.60. The van der Waals surface area contributed by atoms with Crippen LogP contribution in [0.1, 0.15) is 0 Å². The van der Waals surface area contributed by atoms with E-state index in [0.29, 0.717) is 0 Å². The first-order valence-corrected chi connectivity index (χ1v) is 3.33. The first kappa shape index (κ1) is 9.95. The monoisotopic (exact) mass is 196 g/mol. The fraction of sp³-hybridized carbons (Fsp3) is 0.250. The Morgan fingerprint density at radius 1 is 1.38 bits per heavy atom. The van der Waals surface area contributed by atoms with E-state index in [0.717, 1.165) is 6.08 Å². The highest BCUT2D eigenvalue weighted by molar-refractivity contribution is 5.39. The Hall–Kier alpha value is -1.13. The van der Waals surface area contributed by atoms with Gasteiger partial charge in [0.15, 0.2) is 12.0 Å². The molecule has 0 heterocycles. The maximum absolute atomic E-state index is 12.7. The van der Waals surface area contributed by atoms with Crippen molar-refractivity contribution in [1.82, 2.24) is 0 Å². The minimum absolute atomic E-state index is 0.0169. The minimum Gasteiger partial charge on any atom is -0.234 e. The van der Waals surface area contributed by atoms with Gasteiger partial charge in [0.05, 0.1) is 0 Å². The topological polar surface area (TPSA) is 0 Å². The quantitative estimate of drug-likeness (QED) is 0.565. The van der Waals surface area contributed by atoms with Crippen LogP contribution in [-0.2, 0) is 0 Å². The van der Waals surface area contributed by atoms with Crippen LogP contribution in [-0.4, -0.2) is 12.1 Å². The number of allylic oxidation sites excluding steroid dienone is 5. The lowest BCUT2D eigenvalue weighted by atomic mass is 10.00. The van der Waals surface area contributed by atoms with E-state index in [1.54, 1.807) is 0 Å². The lowest BCUT2D eigenvalue weighted by molar-refractivity contribution is 0.0570. The fourth-order valence-corrected chi connectivity index (χ4v) is 0.925. The molecule has 0 nitrogen and oxygen atoms in total. The second kappa shape index (κ2) is 2.97. The van der Waals surface area contributed by atoms with Gasteiger partial charge < -0.3 is 0 Å². The van der Waals surface area contributed by atoms with Gasteiger partial charge in [-0.1, -0.05) is 12.7 Å². The fourth-order valence-electron chi connectivity index (χ4n) is 0.925. The molecule has 72 valence electrons. The van der Waals surface area contributed by atoms with Gasteiger partial charge in [0.2, 0.25) is 5.83 Å². The van der Waals surface area contributed by atoms with Gasteiger partial charge in [0.1, 0.15) is 0 Å². The molecule has 0 spiro atoms. The first-order valence-electron chi connectivity index (χ1n) is 3.33. The van der Waals surface area contributed by atoms with Crippen molar-refractivity contribution in [3.05, 3.63) is 36.0 Å². The Morgan fingerprint density at radius 3 is 2.38 bits per heavy atom. The Balaban J connectivity index is 3.20. The van der Waals surface area contributed by atoms with Crippen LogP contribution in [0.5, 0.6) is 0 Å². The number of rotatable bonds is 1. The number of hydrogen-bond acceptors (Lipinski definition) is 0. The van der Waals surface area contributed by atoms with Crippen molar-refractivity contribution in [2.24, 2.45) is 0 Å². The van der Waals surface area contributed by atoms with Gasteiger partial charge in [-0.25, -0.2) is 13.2 Å². The van der Waals surface area contributed by atoms with Crippen LogP contribution in [0.25, 0.3) is 0 Å². The molecule has 1 unspecified atom stereocenters. The summed E-state index contributed by atoms with van der Waals surface area (Å²) in [4.78, 5) is 0. The summed E-state index contributed by atoms with van der Waals surface area (Å²) in [6, 6.07) is 0. The molecule has 0 fully saturated rings. The van der Waals surface area contributed by atoms with Crippen LogP contribution in [0.4, 0.5) is 22.0 Å². The second-order valence-corrected chi connectivity index (χ2v) is 2.50. The van der Waals surface area contributed by atoms with E-state index in [9.17, 15) is 22.0 Å². The summed E-state index contributed by atoms with van der Waals surface area (Å²) in [5.74, 6) is -8.52. The summed E-state index contributed by atoms with van der Waals surface area (Å²) >= 11 is 0. The van der Waals surface area contributed by atoms with Crippen molar-refractivity contribution in [1.29, 1.82) is 0 Å². The van der Waals surface area contributed by atoms with Gasteiger partial charge in [0.25, 0.3) is 0 Å². The van der Waals surface area contributed by atoms with E-state index >= 15 is 0 Å². The third-order valence-electron chi connectivity index (χ3n) is 1.60. The average Bonchev–Trinajstić information content (AvgIpc) is 2.08. The molecule has 0 saturated carbocycles. The van der Waals surface area contributed by atoms with E-state index < -0.39 is 29.3 Å². The lowest BCUT2D eigenvalue weighted by Gasteiger charge is -2.20. The molecule has 1 aliphatic carbocycles. The zero-order valence-corrected chi connectivity index (χ0v) is 6.33. The van der Waals surface area contributed by atoms with Gasteiger partial charge in [-0.2, -0.15) is 8.78 Å². The molecule has 0 aromatic carbocycles. The summed E-state index contributed by atoms with van der Waals surface area (Å²) in [7, 11) is 0. The van der Waals surface area contributed by atoms with E-state index in [1.807, 2.05) is 0 Å². The molecule has 0 aromatic rings. The molecule has 5 heteroatoms. The maximum atomic E-state index is 12.7. The van der Waals surface area contributed by atoms with E-state index in [-0.39, 0.29) is 6.08 Å².